The highest BCUT2D eigenvalue weighted by atomic mass is 35.5. The molecule has 0 saturated carbocycles. The number of aryl methyl sites for hydroxylation is 1. The minimum absolute atomic E-state index is 0.0930. The van der Waals surface area contributed by atoms with Crippen molar-refractivity contribution < 1.29 is 14.3 Å². The molecule has 0 bridgehead atoms. The first-order valence-corrected chi connectivity index (χ1v) is 8.77. The van der Waals surface area contributed by atoms with Gasteiger partial charge in [0.1, 0.15) is 5.75 Å². The van der Waals surface area contributed by atoms with E-state index in [4.69, 9.17) is 16.3 Å². The molecule has 1 aliphatic rings. The topological polar surface area (TPSA) is 71.5 Å². The lowest BCUT2D eigenvalue weighted by atomic mass is 10.1. The Kier molecular flexibility index (Phi) is 5.42. The number of nitrogens with one attached hydrogen (secondary N) is 1. The number of halogens is 1. The molecule has 0 radical (unpaired) electrons. The lowest BCUT2D eigenvalue weighted by molar-refractivity contribution is 0.0792. The summed E-state index contributed by atoms with van der Waals surface area (Å²) in [6.45, 7) is 3.33. The molecule has 7 heteroatoms. The van der Waals surface area contributed by atoms with Crippen LogP contribution >= 0.6 is 11.6 Å². The fourth-order valence-electron chi connectivity index (χ4n) is 2.91. The summed E-state index contributed by atoms with van der Waals surface area (Å²) < 4.78 is 5.27. The molecule has 6 nitrogen and oxygen atoms in total. The number of aromatic nitrogens is 1. The molecule has 0 spiro atoms. The van der Waals surface area contributed by atoms with E-state index in [2.05, 4.69) is 10.3 Å². The van der Waals surface area contributed by atoms with E-state index in [1.165, 1.54) is 19.5 Å². The first-order chi connectivity index (χ1) is 12.5. The SMILES string of the molecule is COc1cc(Cl)c(C)cc1NC(=O)c1cncc(C(=O)N2CCCC2)c1. The van der Waals surface area contributed by atoms with Crippen LogP contribution in [0.2, 0.25) is 5.02 Å². The normalized spacial score (nSPS) is 13.6. The fourth-order valence-corrected chi connectivity index (χ4v) is 3.06. The molecule has 136 valence electrons. The van der Waals surface area contributed by atoms with Gasteiger partial charge in [-0.15, -0.1) is 0 Å². The molecule has 1 saturated heterocycles. The monoisotopic (exact) mass is 373 g/mol. The number of methoxy groups -OCH3 is 1. The Labute approximate surface area is 157 Å². The standard InChI is InChI=1S/C19H20ClN3O3/c1-12-7-16(17(26-2)9-15(12)20)22-18(24)13-8-14(11-21-10-13)19(25)23-5-3-4-6-23/h7-11H,3-6H2,1-2H3,(H,22,24). The quantitative estimate of drug-likeness (QED) is 0.889. The maximum absolute atomic E-state index is 12.6. The Bertz CT molecular complexity index is 848. The second-order valence-electron chi connectivity index (χ2n) is 6.22. The third kappa shape index (κ3) is 3.80. The van der Waals surface area contributed by atoms with E-state index in [-0.39, 0.29) is 11.8 Å². The summed E-state index contributed by atoms with van der Waals surface area (Å²) in [5, 5.41) is 3.35. The Morgan fingerprint density at radius 1 is 1.15 bits per heavy atom. The Hall–Kier alpha value is -2.60. The van der Waals surface area contributed by atoms with Crippen LogP contribution in [0.5, 0.6) is 5.75 Å². The van der Waals surface area contributed by atoms with Gasteiger partial charge in [0.2, 0.25) is 0 Å². The molecule has 1 aromatic heterocycles. The zero-order valence-corrected chi connectivity index (χ0v) is 15.5. The van der Waals surface area contributed by atoms with Gasteiger partial charge in [0.15, 0.2) is 0 Å². The number of likely N-dealkylation sites (tertiary alicyclic amines) is 1. The molecular formula is C19H20ClN3O3. The average Bonchev–Trinajstić information content (AvgIpc) is 3.18. The molecule has 0 atom stereocenters. The molecule has 1 N–H and O–H groups in total. The maximum atomic E-state index is 12.6. The molecule has 1 aromatic carbocycles. The van der Waals surface area contributed by atoms with Gasteiger partial charge < -0.3 is 15.0 Å². The van der Waals surface area contributed by atoms with Gasteiger partial charge >= 0.3 is 0 Å². The number of anilines is 1. The number of ether oxygens (including phenoxy) is 1. The molecule has 3 rings (SSSR count). The molecule has 1 aliphatic heterocycles. The number of carbonyl (C=O) groups is 2. The van der Waals surface area contributed by atoms with Crippen LogP contribution in [0.1, 0.15) is 39.1 Å². The minimum atomic E-state index is -0.367. The first kappa shape index (κ1) is 18.2. The van der Waals surface area contributed by atoms with Gasteiger partial charge in [0.25, 0.3) is 11.8 Å². The molecule has 1 fully saturated rings. The number of nitrogens with zero attached hydrogens (tertiary/aromatic N) is 2. The number of carbonyl (C=O) groups excluding carboxylic acids is 2. The van der Waals surface area contributed by atoms with Crippen LogP contribution in [0, 0.1) is 6.92 Å². The highest BCUT2D eigenvalue weighted by Crippen LogP contribution is 2.31. The number of rotatable bonds is 4. The van der Waals surface area contributed by atoms with Crippen LogP contribution in [0.25, 0.3) is 0 Å². The van der Waals surface area contributed by atoms with Gasteiger partial charge in [0, 0.05) is 36.6 Å². The van der Waals surface area contributed by atoms with E-state index in [1.54, 1.807) is 23.1 Å². The number of amides is 2. The van der Waals surface area contributed by atoms with Crippen molar-refractivity contribution in [2.24, 2.45) is 0 Å². The summed E-state index contributed by atoms with van der Waals surface area (Å²) in [7, 11) is 1.51. The van der Waals surface area contributed by atoms with Crippen molar-refractivity contribution in [2.45, 2.75) is 19.8 Å². The van der Waals surface area contributed by atoms with Crippen LogP contribution in [0.3, 0.4) is 0 Å². The minimum Gasteiger partial charge on any atom is -0.495 e. The van der Waals surface area contributed by atoms with Crippen LogP contribution in [-0.2, 0) is 0 Å². The van der Waals surface area contributed by atoms with E-state index < -0.39 is 0 Å². The Balaban J connectivity index is 1.81. The van der Waals surface area contributed by atoms with Crippen LogP contribution in [-0.4, -0.2) is 41.9 Å². The summed E-state index contributed by atoms with van der Waals surface area (Å²) in [5.74, 6) is 0.00405. The van der Waals surface area contributed by atoms with Crippen molar-refractivity contribution >= 4 is 29.1 Å². The highest BCUT2D eigenvalue weighted by Gasteiger charge is 2.21. The van der Waals surface area contributed by atoms with Crippen molar-refractivity contribution in [3.63, 3.8) is 0 Å². The zero-order valence-electron chi connectivity index (χ0n) is 14.7. The second-order valence-corrected chi connectivity index (χ2v) is 6.62. The van der Waals surface area contributed by atoms with Gasteiger partial charge in [-0.1, -0.05) is 11.6 Å². The lowest BCUT2D eigenvalue weighted by Crippen LogP contribution is -2.28. The molecule has 0 unspecified atom stereocenters. The predicted molar refractivity (Wildman–Crippen MR) is 100 cm³/mol. The molecule has 2 heterocycles. The lowest BCUT2D eigenvalue weighted by Gasteiger charge is -2.15. The fraction of sp³-hybridized carbons (Fsp3) is 0.316. The smallest absolute Gasteiger partial charge is 0.257 e. The number of hydrogen-bond donors (Lipinski definition) is 1. The van der Waals surface area contributed by atoms with E-state index in [1.807, 2.05) is 6.92 Å². The highest BCUT2D eigenvalue weighted by molar-refractivity contribution is 6.31. The summed E-state index contributed by atoms with van der Waals surface area (Å²) >= 11 is 6.09. The van der Waals surface area contributed by atoms with Gasteiger partial charge in [-0.3, -0.25) is 14.6 Å². The van der Waals surface area contributed by atoms with Crippen molar-refractivity contribution in [1.29, 1.82) is 0 Å². The third-order valence-corrected chi connectivity index (χ3v) is 4.78. The van der Waals surface area contributed by atoms with Crippen molar-refractivity contribution in [2.75, 3.05) is 25.5 Å². The van der Waals surface area contributed by atoms with Crippen LogP contribution in [0.15, 0.2) is 30.6 Å². The molecular weight excluding hydrogens is 354 g/mol. The van der Waals surface area contributed by atoms with Crippen molar-refractivity contribution in [3.05, 3.63) is 52.3 Å². The summed E-state index contributed by atoms with van der Waals surface area (Å²) in [4.78, 5) is 30.9. The first-order valence-electron chi connectivity index (χ1n) is 8.39. The third-order valence-electron chi connectivity index (χ3n) is 4.37. The number of pyridine rings is 1. The summed E-state index contributed by atoms with van der Waals surface area (Å²) in [6.07, 6.45) is 4.94. The van der Waals surface area contributed by atoms with Crippen LogP contribution < -0.4 is 10.1 Å². The van der Waals surface area contributed by atoms with Crippen molar-refractivity contribution in [1.82, 2.24) is 9.88 Å². The van der Waals surface area contributed by atoms with Gasteiger partial charge in [-0.05, 0) is 37.5 Å². The summed E-state index contributed by atoms with van der Waals surface area (Å²) in [6, 6.07) is 4.96. The Morgan fingerprint density at radius 2 is 1.85 bits per heavy atom. The molecule has 2 aromatic rings. The van der Waals surface area contributed by atoms with Crippen LogP contribution in [0.4, 0.5) is 5.69 Å². The molecule has 0 aliphatic carbocycles. The van der Waals surface area contributed by atoms with Crippen molar-refractivity contribution in [3.8, 4) is 5.75 Å². The second kappa shape index (κ2) is 7.74. The molecule has 2 amide bonds. The van der Waals surface area contributed by atoms with Gasteiger partial charge in [0.05, 0.1) is 23.9 Å². The number of benzene rings is 1. The van der Waals surface area contributed by atoms with E-state index >= 15 is 0 Å². The van der Waals surface area contributed by atoms with Gasteiger partial charge in [-0.2, -0.15) is 0 Å². The maximum Gasteiger partial charge on any atom is 0.257 e. The average molecular weight is 374 g/mol. The Morgan fingerprint density at radius 3 is 2.54 bits per heavy atom. The number of hydrogen-bond acceptors (Lipinski definition) is 4. The van der Waals surface area contributed by atoms with E-state index in [0.29, 0.717) is 27.6 Å². The van der Waals surface area contributed by atoms with E-state index in [0.717, 1.165) is 31.5 Å². The summed E-state index contributed by atoms with van der Waals surface area (Å²) in [5.41, 5.74) is 2.05. The van der Waals surface area contributed by atoms with E-state index in [9.17, 15) is 9.59 Å². The predicted octanol–water partition coefficient (Wildman–Crippen LogP) is 3.54. The zero-order chi connectivity index (χ0) is 18.7. The molecule has 26 heavy (non-hydrogen) atoms. The largest absolute Gasteiger partial charge is 0.495 e. The van der Waals surface area contributed by atoms with Gasteiger partial charge in [-0.25, -0.2) is 0 Å².